The Hall–Kier alpha value is -2.60. The van der Waals surface area contributed by atoms with Gasteiger partial charge in [-0.1, -0.05) is 53.7 Å². The van der Waals surface area contributed by atoms with Gasteiger partial charge < -0.3 is 5.32 Å². The second kappa shape index (κ2) is 8.19. The number of carbonyl (C=O) groups is 1. The van der Waals surface area contributed by atoms with Crippen LogP contribution in [0.5, 0.6) is 0 Å². The molecule has 0 radical (unpaired) electrons. The van der Waals surface area contributed by atoms with Gasteiger partial charge in [-0.25, -0.2) is 0 Å². The van der Waals surface area contributed by atoms with E-state index < -0.39 is 0 Å². The molecule has 26 heavy (non-hydrogen) atoms. The summed E-state index contributed by atoms with van der Waals surface area (Å²) < 4.78 is 1.92. The summed E-state index contributed by atoms with van der Waals surface area (Å²) in [6, 6.07) is 14.3. The van der Waals surface area contributed by atoms with Crippen LogP contribution in [0, 0.1) is 20.8 Å². The van der Waals surface area contributed by atoms with Gasteiger partial charge in [-0.05, 0) is 43.5 Å². The van der Waals surface area contributed by atoms with Crippen LogP contribution in [0.4, 0.5) is 0 Å². The molecule has 0 spiro atoms. The Morgan fingerprint density at radius 2 is 1.92 bits per heavy atom. The Labute approximate surface area is 157 Å². The summed E-state index contributed by atoms with van der Waals surface area (Å²) >= 11 is 1.39. The first-order valence-corrected chi connectivity index (χ1v) is 9.45. The predicted molar refractivity (Wildman–Crippen MR) is 105 cm³/mol. The molecule has 5 nitrogen and oxygen atoms in total. The minimum atomic E-state index is -0.0200. The lowest BCUT2D eigenvalue weighted by Crippen LogP contribution is -2.25. The van der Waals surface area contributed by atoms with Crippen LogP contribution in [-0.4, -0.2) is 26.4 Å². The van der Waals surface area contributed by atoms with Crippen molar-refractivity contribution in [2.45, 2.75) is 32.5 Å². The molecule has 1 aromatic heterocycles. The summed E-state index contributed by atoms with van der Waals surface area (Å²) in [6.45, 7) is 6.71. The van der Waals surface area contributed by atoms with Crippen LogP contribution in [0.25, 0.3) is 5.69 Å². The first-order chi connectivity index (χ1) is 12.5. The Kier molecular flexibility index (Phi) is 5.73. The molecule has 3 rings (SSSR count). The van der Waals surface area contributed by atoms with Gasteiger partial charge >= 0.3 is 0 Å². The Bertz CT molecular complexity index is 920. The van der Waals surface area contributed by atoms with Crippen LogP contribution in [-0.2, 0) is 11.3 Å². The lowest BCUT2D eigenvalue weighted by molar-refractivity contribution is -0.118. The van der Waals surface area contributed by atoms with E-state index in [1.807, 2.05) is 35.8 Å². The van der Waals surface area contributed by atoms with Gasteiger partial charge in [-0.3, -0.25) is 9.36 Å². The van der Waals surface area contributed by atoms with Crippen LogP contribution in [0.1, 0.15) is 22.3 Å². The quantitative estimate of drug-likeness (QED) is 0.677. The van der Waals surface area contributed by atoms with E-state index in [1.54, 1.807) is 6.33 Å². The number of nitrogens with one attached hydrogen (secondary N) is 1. The maximum absolute atomic E-state index is 12.2. The Balaban J connectivity index is 1.61. The van der Waals surface area contributed by atoms with E-state index in [9.17, 15) is 4.79 Å². The Morgan fingerprint density at radius 1 is 1.12 bits per heavy atom. The van der Waals surface area contributed by atoms with Crippen molar-refractivity contribution < 1.29 is 4.79 Å². The van der Waals surface area contributed by atoms with Gasteiger partial charge in [0.05, 0.1) is 11.4 Å². The third-order valence-electron chi connectivity index (χ3n) is 4.20. The molecule has 0 saturated heterocycles. The second-order valence-corrected chi connectivity index (χ2v) is 7.21. The maximum Gasteiger partial charge on any atom is 0.230 e. The summed E-state index contributed by atoms with van der Waals surface area (Å²) in [7, 11) is 0. The van der Waals surface area contributed by atoms with E-state index >= 15 is 0 Å². The Morgan fingerprint density at radius 3 is 2.69 bits per heavy atom. The van der Waals surface area contributed by atoms with Crippen LogP contribution in [0.15, 0.2) is 53.9 Å². The number of hydrogen-bond donors (Lipinski definition) is 1. The van der Waals surface area contributed by atoms with Crippen LogP contribution in [0.2, 0.25) is 0 Å². The normalized spacial score (nSPS) is 10.7. The zero-order chi connectivity index (χ0) is 18.5. The monoisotopic (exact) mass is 366 g/mol. The largest absolute Gasteiger partial charge is 0.351 e. The molecule has 0 fully saturated rings. The molecule has 6 heteroatoms. The highest BCUT2D eigenvalue weighted by Crippen LogP contribution is 2.22. The SMILES string of the molecule is Cc1ccc(-n2cnnc2SCC(=O)NCc2ccccc2C)c(C)c1. The second-order valence-electron chi connectivity index (χ2n) is 6.27. The van der Waals surface area contributed by atoms with Crippen molar-refractivity contribution in [1.82, 2.24) is 20.1 Å². The molecule has 0 aliphatic heterocycles. The fourth-order valence-corrected chi connectivity index (χ4v) is 3.50. The van der Waals surface area contributed by atoms with Crippen molar-refractivity contribution in [2.24, 2.45) is 0 Å². The number of carbonyl (C=O) groups excluding carboxylic acids is 1. The van der Waals surface area contributed by atoms with Crippen LogP contribution >= 0.6 is 11.8 Å². The fraction of sp³-hybridized carbons (Fsp3) is 0.250. The number of aryl methyl sites for hydroxylation is 3. The number of rotatable bonds is 6. The summed E-state index contributed by atoms with van der Waals surface area (Å²) in [5.74, 6) is 0.281. The fourth-order valence-electron chi connectivity index (χ4n) is 2.75. The molecule has 1 N–H and O–H groups in total. The maximum atomic E-state index is 12.2. The summed E-state index contributed by atoms with van der Waals surface area (Å²) in [5.41, 5.74) is 5.70. The highest BCUT2D eigenvalue weighted by Gasteiger charge is 2.12. The van der Waals surface area contributed by atoms with Gasteiger partial charge in [-0.15, -0.1) is 10.2 Å². The van der Waals surface area contributed by atoms with Gasteiger partial charge in [-0.2, -0.15) is 0 Å². The van der Waals surface area contributed by atoms with Crippen LogP contribution < -0.4 is 5.32 Å². The number of amides is 1. The lowest BCUT2D eigenvalue weighted by Gasteiger charge is -2.10. The van der Waals surface area contributed by atoms with E-state index in [4.69, 9.17) is 0 Å². The number of benzene rings is 2. The van der Waals surface area contributed by atoms with Gasteiger partial charge in [0.1, 0.15) is 6.33 Å². The third-order valence-corrected chi connectivity index (χ3v) is 5.14. The van der Waals surface area contributed by atoms with Gasteiger partial charge in [0.15, 0.2) is 5.16 Å². The summed E-state index contributed by atoms with van der Waals surface area (Å²) in [5, 5.41) is 11.8. The van der Waals surface area contributed by atoms with Crippen molar-refractivity contribution in [3.8, 4) is 5.69 Å². The molecule has 134 valence electrons. The van der Waals surface area contributed by atoms with Crippen molar-refractivity contribution in [3.05, 3.63) is 71.0 Å². The molecule has 1 heterocycles. The number of nitrogens with zero attached hydrogens (tertiary/aromatic N) is 3. The van der Waals surface area contributed by atoms with E-state index in [2.05, 4.69) is 47.6 Å². The zero-order valence-electron chi connectivity index (χ0n) is 15.2. The molecular weight excluding hydrogens is 344 g/mol. The lowest BCUT2D eigenvalue weighted by atomic mass is 10.1. The molecule has 0 unspecified atom stereocenters. The topological polar surface area (TPSA) is 59.8 Å². The molecule has 0 bridgehead atoms. The van der Waals surface area contributed by atoms with Crippen molar-refractivity contribution in [3.63, 3.8) is 0 Å². The third kappa shape index (κ3) is 4.32. The number of hydrogen-bond acceptors (Lipinski definition) is 4. The van der Waals surface area contributed by atoms with Gasteiger partial charge in [0, 0.05) is 6.54 Å². The highest BCUT2D eigenvalue weighted by atomic mass is 32.2. The van der Waals surface area contributed by atoms with Crippen molar-refractivity contribution in [2.75, 3.05) is 5.75 Å². The van der Waals surface area contributed by atoms with E-state index in [-0.39, 0.29) is 5.91 Å². The van der Waals surface area contributed by atoms with Crippen molar-refractivity contribution in [1.29, 1.82) is 0 Å². The molecule has 1 amide bonds. The molecule has 2 aromatic carbocycles. The molecule has 0 aliphatic carbocycles. The average molecular weight is 366 g/mol. The average Bonchev–Trinajstić information content (AvgIpc) is 3.07. The predicted octanol–water partition coefficient (Wildman–Crippen LogP) is 3.60. The first kappa shape index (κ1) is 18.2. The highest BCUT2D eigenvalue weighted by molar-refractivity contribution is 7.99. The van der Waals surface area contributed by atoms with E-state index in [0.29, 0.717) is 17.5 Å². The molecular formula is C20H22N4OS. The van der Waals surface area contributed by atoms with Gasteiger partial charge in [0.25, 0.3) is 0 Å². The van der Waals surface area contributed by atoms with E-state index in [0.717, 1.165) is 16.8 Å². The van der Waals surface area contributed by atoms with Gasteiger partial charge in [0.2, 0.25) is 5.91 Å². The number of thioether (sulfide) groups is 1. The van der Waals surface area contributed by atoms with Crippen LogP contribution in [0.3, 0.4) is 0 Å². The van der Waals surface area contributed by atoms with E-state index in [1.165, 1.54) is 22.9 Å². The minimum Gasteiger partial charge on any atom is -0.351 e. The van der Waals surface area contributed by atoms with Crippen molar-refractivity contribution >= 4 is 17.7 Å². The number of aromatic nitrogens is 3. The molecule has 0 atom stereocenters. The molecule has 3 aromatic rings. The summed E-state index contributed by atoms with van der Waals surface area (Å²) in [6.07, 6.45) is 1.69. The molecule has 0 aliphatic rings. The smallest absolute Gasteiger partial charge is 0.230 e. The summed E-state index contributed by atoms with van der Waals surface area (Å²) in [4.78, 5) is 12.2. The standard InChI is InChI=1S/C20H22N4OS/c1-14-8-9-18(16(3)10-14)24-13-22-23-20(24)26-12-19(25)21-11-17-7-5-4-6-15(17)2/h4-10,13H,11-12H2,1-3H3,(H,21,25). The minimum absolute atomic E-state index is 0.0200. The zero-order valence-corrected chi connectivity index (χ0v) is 16.0. The molecule has 0 saturated carbocycles. The first-order valence-electron chi connectivity index (χ1n) is 8.46.